The first-order valence-corrected chi connectivity index (χ1v) is 7.24. The van der Waals surface area contributed by atoms with Gasteiger partial charge in [0, 0.05) is 16.8 Å². The van der Waals surface area contributed by atoms with Crippen LogP contribution in [0.4, 0.5) is 5.69 Å². The number of likely N-dealkylation sites (tertiary alicyclic amines) is 1. The normalized spacial score (nSPS) is 20.3. The summed E-state index contributed by atoms with van der Waals surface area (Å²) in [6.45, 7) is 5.59. The Morgan fingerprint density at radius 2 is 2.26 bits per heavy atom. The molecule has 1 aliphatic heterocycles. The molecule has 1 N–H and O–H groups in total. The maximum atomic E-state index is 12.1. The lowest BCUT2D eigenvalue weighted by atomic mass is 10.0. The average Bonchev–Trinajstić information content (AvgIpc) is 2.38. The van der Waals surface area contributed by atoms with Crippen molar-refractivity contribution in [2.45, 2.75) is 39.2 Å². The van der Waals surface area contributed by atoms with Gasteiger partial charge in [-0.1, -0.05) is 24.1 Å². The van der Waals surface area contributed by atoms with E-state index in [9.17, 15) is 4.79 Å². The summed E-state index contributed by atoms with van der Waals surface area (Å²) in [6.07, 6.45) is 3.64. The van der Waals surface area contributed by atoms with Crippen molar-refractivity contribution in [2.24, 2.45) is 0 Å². The van der Waals surface area contributed by atoms with Crippen molar-refractivity contribution in [2.75, 3.05) is 18.4 Å². The number of nitrogens with one attached hydrogen (secondary N) is 1. The standard InChI is InChI=1S/C15H21ClN2O/c1-11-6-3-4-9-18(11)10-15(19)17-14-8-5-7-13(16)12(14)2/h5,7-8,11H,3-4,6,9-10H2,1-2H3,(H,17,19)/t11-/m1/s1. The highest BCUT2D eigenvalue weighted by Gasteiger charge is 2.20. The maximum absolute atomic E-state index is 12.1. The summed E-state index contributed by atoms with van der Waals surface area (Å²) in [5, 5.41) is 3.64. The fraction of sp³-hybridized carbons (Fsp3) is 0.533. The highest BCUT2D eigenvalue weighted by Crippen LogP contribution is 2.23. The number of nitrogens with zero attached hydrogens (tertiary/aromatic N) is 1. The summed E-state index contributed by atoms with van der Waals surface area (Å²) in [4.78, 5) is 14.3. The van der Waals surface area contributed by atoms with Crippen LogP contribution in [0.25, 0.3) is 0 Å². The first-order valence-electron chi connectivity index (χ1n) is 6.87. The fourth-order valence-electron chi connectivity index (χ4n) is 2.51. The molecule has 2 rings (SSSR count). The molecular formula is C15H21ClN2O. The molecule has 0 saturated carbocycles. The Hall–Kier alpha value is -1.06. The molecule has 3 nitrogen and oxygen atoms in total. The van der Waals surface area contributed by atoms with E-state index in [1.807, 2.05) is 25.1 Å². The Morgan fingerprint density at radius 1 is 1.47 bits per heavy atom. The molecule has 1 aliphatic rings. The minimum atomic E-state index is 0.0408. The van der Waals surface area contributed by atoms with Crippen LogP contribution in [0, 0.1) is 6.92 Å². The van der Waals surface area contributed by atoms with Gasteiger partial charge in [-0.05, 0) is 50.9 Å². The van der Waals surface area contributed by atoms with E-state index in [1.165, 1.54) is 19.3 Å². The molecule has 0 aromatic heterocycles. The minimum absolute atomic E-state index is 0.0408. The Labute approximate surface area is 119 Å². The molecule has 1 atom stereocenters. The molecule has 0 aliphatic carbocycles. The highest BCUT2D eigenvalue weighted by atomic mass is 35.5. The zero-order chi connectivity index (χ0) is 13.8. The Balaban J connectivity index is 1.95. The number of piperidine rings is 1. The number of benzene rings is 1. The van der Waals surface area contributed by atoms with Crippen LogP contribution in [0.2, 0.25) is 5.02 Å². The van der Waals surface area contributed by atoms with E-state index in [-0.39, 0.29) is 5.91 Å². The molecule has 1 fully saturated rings. The summed E-state index contributed by atoms with van der Waals surface area (Å²) in [5.74, 6) is 0.0408. The lowest BCUT2D eigenvalue weighted by molar-refractivity contribution is -0.118. The summed E-state index contributed by atoms with van der Waals surface area (Å²) in [7, 11) is 0. The Kier molecular flexibility index (Phi) is 4.83. The molecule has 1 heterocycles. The van der Waals surface area contributed by atoms with E-state index in [4.69, 9.17) is 11.6 Å². The first-order chi connectivity index (χ1) is 9.08. The number of carbonyl (C=O) groups excluding carboxylic acids is 1. The van der Waals surface area contributed by atoms with Gasteiger partial charge in [-0.2, -0.15) is 0 Å². The molecule has 19 heavy (non-hydrogen) atoms. The molecule has 1 amide bonds. The van der Waals surface area contributed by atoms with Crippen molar-refractivity contribution in [3.05, 3.63) is 28.8 Å². The van der Waals surface area contributed by atoms with Crippen LogP contribution in [-0.2, 0) is 4.79 Å². The number of anilines is 1. The van der Waals surface area contributed by atoms with E-state index >= 15 is 0 Å². The fourth-order valence-corrected chi connectivity index (χ4v) is 2.68. The zero-order valence-electron chi connectivity index (χ0n) is 11.6. The second-order valence-corrected chi connectivity index (χ2v) is 5.68. The predicted molar refractivity (Wildman–Crippen MR) is 79.7 cm³/mol. The van der Waals surface area contributed by atoms with Crippen molar-refractivity contribution in [3.8, 4) is 0 Å². The summed E-state index contributed by atoms with van der Waals surface area (Å²) < 4.78 is 0. The molecule has 0 radical (unpaired) electrons. The number of halogens is 1. The Bertz CT molecular complexity index is 461. The van der Waals surface area contributed by atoms with Crippen molar-refractivity contribution in [3.63, 3.8) is 0 Å². The van der Waals surface area contributed by atoms with E-state index < -0.39 is 0 Å². The van der Waals surface area contributed by atoms with Crippen LogP contribution in [0.5, 0.6) is 0 Å². The molecule has 1 aromatic carbocycles. The zero-order valence-corrected chi connectivity index (χ0v) is 12.3. The quantitative estimate of drug-likeness (QED) is 0.920. The van der Waals surface area contributed by atoms with E-state index in [1.54, 1.807) is 0 Å². The lowest BCUT2D eigenvalue weighted by Crippen LogP contribution is -2.42. The molecule has 0 spiro atoms. The third kappa shape index (κ3) is 3.71. The van der Waals surface area contributed by atoms with Gasteiger partial charge in [0.1, 0.15) is 0 Å². The maximum Gasteiger partial charge on any atom is 0.238 e. The number of amides is 1. The van der Waals surface area contributed by atoms with Crippen molar-refractivity contribution >= 4 is 23.2 Å². The van der Waals surface area contributed by atoms with E-state index in [0.29, 0.717) is 17.6 Å². The van der Waals surface area contributed by atoms with Crippen LogP contribution < -0.4 is 5.32 Å². The summed E-state index contributed by atoms with van der Waals surface area (Å²) >= 11 is 6.05. The summed E-state index contributed by atoms with van der Waals surface area (Å²) in [5.41, 5.74) is 1.73. The molecule has 0 unspecified atom stereocenters. The molecular weight excluding hydrogens is 260 g/mol. The van der Waals surface area contributed by atoms with Crippen LogP contribution in [0.1, 0.15) is 31.7 Å². The molecule has 1 saturated heterocycles. The van der Waals surface area contributed by atoms with Crippen molar-refractivity contribution in [1.82, 2.24) is 4.90 Å². The van der Waals surface area contributed by atoms with Gasteiger partial charge in [0.05, 0.1) is 6.54 Å². The first kappa shape index (κ1) is 14.4. The molecule has 0 bridgehead atoms. The molecule has 1 aromatic rings. The van der Waals surface area contributed by atoms with Gasteiger partial charge in [-0.3, -0.25) is 9.69 Å². The SMILES string of the molecule is Cc1c(Cl)cccc1NC(=O)CN1CCCC[C@H]1C. The number of hydrogen-bond donors (Lipinski definition) is 1. The van der Waals surface area contributed by atoms with Gasteiger partial charge in [0.2, 0.25) is 5.91 Å². The van der Waals surface area contributed by atoms with Gasteiger partial charge in [-0.25, -0.2) is 0 Å². The van der Waals surface area contributed by atoms with E-state index in [2.05, 4.69) is 17.1 Å². The topological polar surface area (TPSA) is 32.3 Å². The third-order valence-corrected chi connectivity index (χ3v) is 4.24. The monoisotopic (exact) mass is 280 g/mol. The number of carbonyl (C=O) groups is 1. The van der Waals surface area contributed by atoms with Gasteiger partial charge in [-0.15, -0.1) is 0 Å². The van der Waals surface area contributed by atoms with Gasteiger partial charge < -0.3 is 5.32 Å². The van der Waals surface area contributed by atoms with E-state index in [0.717, 1.165) is 17.8 Å². The summed E-state index contributed by atoms with van der Waals surface area (Å²) in [6, 6.07) is 6.08. The smallest absolute Gasteiger partial charge is 0.238 e. The lowest BCUT2D eigenvalue weighted by Gasteiger charge is -2.32. The van der Waals surface area contributed by atoms with Gasteiger partial charge in [0.15, 0.2) is 0 Å². The Morgan fingerprint density at radius 3 is 3.00 bits per heavy atom. The average molecular weight is 281 g/mol. The second kappa shape index (κ2) is 6.40. The number of hydrogen-bond acceptors (Lipinski definition) is 2. The van der Waals surface area contributed by atoms with Crippen LogP contribution in [0.15, 0.2) is 18.2 Å². The van der Waals surface area contributed by atoms with Crippen molar-refractivity contribution in [1.29, 1.82) is 0 Å². The second-order valence-electron chi connectivity index (χ2n) is 5.28. The van der Waals surface area contributed by atoms with Crippen LogP contribution in [-0.4, -0.2) is 29.9 Å². The molecule has 4 heteroatoms. The predicted octanol–water partition coefficient (Wildman–Crippen LogP) is 3.46. The largest absolute Gasteiger partial charge is 0.325 e. The third-order valence-electron chi connectivity index (χ3n) is 3.83. The van der Waals surface area contributed by atoms with Crippen molar-refractivity contribution < 1.29 is 4.79 Å². The minimum Gasteiger partial charge on any atom is -0.325 e. The number of rotatable bonds is 3. The van der Waals surface area contributed by atoms with Crippen LogP contribution in [0.3, 0.4) is 0 Å². The van der Waals surface area contributed by atoms with Gasteiger partial charge >= 0.3 is 0 Å². The van der Waals surface area contributed by atoms with Crippen LogP contribution >= 0.6 is 11.6 Å². The highest BCUT2D eigenvalue weighted by molar-refractivity contribution is 6.31. The molecule has 104 valence electrons. The van der Waals surface area contributed by atoms with Gasteiger partial charge in [0.25, 0.3) is 0 Å².